The third-order valence-electron chi connectivity index (χ3n) is 5.13. The molecule has 0 amide bonds. The normalized spacial score (nSPS) is 17.1. The van der Waals surface area contributed by atoms with Gasteiger partial charge in [-0.25, -0.2) is 0 Å². The summed E-state index contributed by atoms with van der Waals surface area (Å²) in [6, 6.07) is 8.22. The number of fused-ring (bicyclic) bond motifs is 1. The van der Waals surface area contributed by atoms with Gasteiger partial charge in [0.25, 0.3) is 0 Å². The lowest BCUT2D eigenvalue weighted by Gasteiger charge is -2.32. The Kier molecular flexibility index (Phi) is 5.96. The van der Waals surface area contributed by atoms with Crippen LogP contribution >= 0.6 is 11.6 Å². The van der Waals surface area contributed by atoms with E-state index in [1.807, 2.05) is 12.1 Å². The van der Waals surface area contributed by atoms with Gasteiger partial charge in [0.2, 0.25) is 0 Å². The molecule has 1 aliphatic rings. The number of aryl methyl sites for hydroxylation is 1. The van der Waals surface area contributed by atoms with Crippen LogP contribution in [0.2, 0.25) is 5.15 Å². The van der Waals surface area contributed by atoms with Gasteiger partial charge in [-0.3, -0.25) is 4.68 Å². The third-order valence-corrected chi connectivity index (χ3v) is 5.41. The standard InChI is InChI=1S/C19H28ClN3/c1-2-3-7-16-10-14-22(15-11-16)12-6-13-23-18-9-5-4-8-17(18)19(20)21-23/h4-5,8-9,16H,2-3,6-7,10-15H2,1H3. The molecule has 0 saturated carbocycles. The van der Waals surface area contributed by atoms with Gasteiger partial charge >= 0.3 is 0 Å². The number of aromatic nitrogens is 2. The summed E-state index contributed by atoms with van der Waals surface area (Å²) in [5, 5.41) is 6.17. The lowest BCUT2D eigenvalue weighted by molar-refractivity contribution is 0.173. The van der Waals surface area contributed by atoms with E-state index in [0.29, 0.717) is 5.15 Å². The molecule has 1 aliphatic heterocycles. The van der Waals surface area contributed by atoms with Crippen molar-refractivity contribution in [2.45, 2.75) is 52.0 Å². The Balaban J connectivity index is 1.45. The van der Waals surface area contributed by atoms with Crippen molar-refractivity contribution in [3.8, 4) is 0 Å². The Morgan fingerprint density at radius 1 is 1.13 bits per heavy atom. The minimum Gasteiger partial charge on any atom is -0.303 e. The lowest BCUT2D eigenvalue weighted by Crippen LogP contribution is -2.34. The van der Waals surface area contributed by atoms with Crippen molar-refractivity contribution in [3.05, 3.63) is 29.4 Å². The highest BCUT2D eigenvalue weighted by molar-refractivity contribution is 6.34. The van der Waals surface area contributed by atoms with Gasteiger partial charge in [0, 0.05) is 11.9 Å². The van der Waals surface area contributed by atoms with E-state index in [0.717, 1.165) is 29.8 Å². The van der Waals surface area contributed by atoms with Crippen LogP contribution in [0.1, 0.15) is 45.4 Å². The maximum atomic E-state index is 6.22. The molecule has 0 atom stereocenters. The monoisotopic (exact) mass is 333 g/mol. The van der Waals surface area contributed by atoms with Crippen LogP contribution in [0.5, 0.6) is 0 Å². The molecule has 126 valence electrons. The third kappa shape index (κ3) is 4.27. The van der Waals surface area contributed by atoms with Crippen LogP contribution in [0.4, 0.5) is 0 Å². The maximum absolute atomic E-state index is 6.22. The lowest BCUT2D eigenvalue weighted by atomic mass is 9.91. The van der Waals surface area contributed by atoms with E-state index in [4.69, 9.17) is 11.6 Å². The molecule has 0 unspecified atom stereocenters. The van der Waals surface area contributed by atoms with E-state index in [9.17, 15) is 0 Å². The van der Waals surface area contributed by atoms with Crippen molar-refractivity contribution >= 4 is 22.5 Å². The highest BCUT2D eigenvalue weighted by Crippen LogP contribution is 2.24. The van der Waals surface area contributed by atoms with Crippen molar-refractivity contribution < 1.29 is 0 Å². The topological polar surface area (TPSA) is 21.1 Å². The number of hydrogen-bond acceptors (Lipinski definition) is 2. The molecule has 1 saturated heterocycles. The molecule has 0 spiro atoms. The molecular weight excluding hydrogens is 306 g/mol. The van der Waals surface area contributed by atoms with E-state index < -0.39 is 0 Å². The first-order valence-corrected chi connectivity index (χ1v) is 9.49. The summed E-state index contributed by atoms with van der Waals surface area (Å²) in [6.07, 6.45) is 8.08. The summed E-state index contributed by atoms with van der Waals surface area (Å²) >= 11 is 6.22. The predicted molar refractivity (Wildman–Crippen MR) is 98.0 cm³/mol. The summed E-state index contributed by atoms with van der Waals surface area (Å²) in [5.41, 5.74) is 1.15. The maximum Gasteiger partial charge on any atom is 0.158 e. The second kappa shape index (κ2) is 8.16. The molecule has 1 fully saturated rings. The molecule has 0 bridgehead atoms. The van der Waals surface area contributed by atoms with Crippen LogP contribution in [-0.4, -0.2) is 34.3 Å². The number of para-hydroxylation sites is 1. The fourth-order valence-corrected chi connectivity index (χ4v) is 3.94. The van der Waals surface area contributed by atoms with Gasteiger partial charge in [0.1, 0.15) is 0 Å². The number of rotatable bonds is 7. The molecule has 0 radical (unpaired) electrons. The summed E-state index contributed by atoms with van der Waals surface area (Å²) < 4.78 is 2.06. The molecule has 4 heteroatoms. The molecular formula is C19H28ClN3. The molecule has 3 rings (SSSR count). The van der Waals surface area contributed by atoms with Crippen LogP contribution < -0.4 is 0 Å². The molecule has 1 aromatic carbocycles. The van der Waals surface area contributed by atoms with Gasteiger partial charge in [0.05, 0.1) is 5.52 Å². The zero-order valence-corrected chi connectivity index (χ0v) is 14.9. The van der Waals surface area contributed by atoms with Crippen LogP contribution in [-0.2, 0) is 6.54 Å². The van der Waals surface area contributed by atoms with Crippen LogP contribution in [0.15, 0.2) is 24.3 Å². The predicted octanol–water partition coefficient (Wildman–Crippen LogP) is 4.98. The molecule has 2 aromatic rings. The zero-order chi connectivity index (χ0) is 16.1. The van der Waals surface area contributed by atoms with E-state index in [-0.39, 0.29) is 0 Å². The van der Waals surface area contributed by atoms with E-state index >= 15 is 0 Å². The first-order valence-electron chi connectivity index (χ1n) is 9.11. The Hall–Kier alpha value is -1.06. The largest absolute Gasteiger partial charge is 0.303 e. The second-order valence-corrected chi connectivity index (χ2v) is 7.17. The first kappa shape index (κ1) is 16.8. The number of unbranched alkanes of at least 4 members (excludes halogenated alkanes) is 1. The van der Waals surface area contributed by atoms with Crippen molar-refractivity contribution in [1.29, 1.82) is 0 Å². The summed E-state index contributed by atoms with van der Waals surface area (Å²) in [6.45, 7) is 6.96. The van der Waals surface area contributed by atoms with Crippen molar-refractivity contribution in [2.24, 2.45) is 5.92 Å². The quantitative estimate of drug-likeness (QED) is 0.712. The molecule has 23 heavy (non-hydrogen) atoms. The number of piperidine rings is 1. The highest BCUT2D eigenvalue weighted by Gasteiger charge is 2.18. The van der Waals surface area contributed by atoms with Gasteiger partial charge < -0.3 is 4.90 Å². The Morgan fingerprint density at radius 3 is 2.70 bits per heavy atom. The fraction of sp³-hybridized carbons (Fsp3) is 0.632. The molecule has 0 aliphatic carbocycles. The van der Waals surface area contributed by atoms with Gasteiger partial charge in [-0.1, -0.05) is 49.9 Å². The van der Waals surface area contributed by atoms with Gasteiger partial charge in [0.15, 0.2) is 5.15 Å². The van der Waals surface area contributed by atoms with E-state index in [2.05, 4.69) is 33.7 Å². The van der Waals surface area contributed by atoms with E-state index in [1.165, 1.54) is 51.7 Å². The van der Waals surface area contributed by atoms with Crippen molar-refractivity contribution in [3.63, 3.8) is 0 Å². The number of likely N-dealkylation sites (tertiary alicyclic amines) is 1. The Bertz CT molecular complexity index is 614. The number of halogens is 1. The SMILES string of the molecule is CCCCC1CCN(CCCn2nc(Cl)c3ccccc32)CC1. The van der Waals surface area contributed by atoms with Gasteiger partial charge in [-0.2, -0.15) is 5.10 Å². The molecule has 0 N–H and O–H groups in total. The minimum absolute atomic E-state index is 0.623. The van der Waals surface area contributed by atoms with Crippen LogP contribution in [0.25, 0.3) is 10.9 Å². The van der Waals surface area contributed by atoms with E-state index in [1.54, 1.807) is 0 Å². The smallest absolute Gasteiger partial charge is 0.158 e. The summed E-state index contributed by atoms with van der Waals surface area (Å²) in [7, 11) is 0. The number of benzene rings is 1. The van der Waals surface area contributed by atoms with Crippen LogP contribution in [0.3, 0.4) is 0 Å². The van der Waals surface area contributed by atoms with Crippen molar-refractivity contribution in [1.82, 2.24) is 14.7 Å². The van der Waals surface area contributed by atoms with Crippen molar-refractivity contribution in [2.75, 3.05) is 19.6 Å². The number of nitrogens with zero attached hydrogens (tertiary/aromatic N) is 3. The minimum atomic E-state index is 0.623. The first-order chi connectivity index (χ1) is 11.3. The molecule has 3 nitrogen and oxygen atoms in total. The average Bonchev–Trinajstić information content (AvgIpc) is 2.91. The van der Waals surface area contributed by atoms with Crippen LogP contribution in [0, 0.1) is 5.92 Å². The fourth-order valence-electron chi connectivity index (χ4n) is 3.69. The van der Waals surface area contributed by atoms with Gasteiger partial charge in [-0.15, -0.1) is 0 Å². The molecule has 2 heterocycles. The average molecular weight is 334 g/mol. The Labute approximate surface area is 144 Å². The Morgan fingerprint density at radius 2 is 1.91 bits per heavy atom. The second-order valence-electron chi connectivity index (χ2n) is 6.81. The summed E-state index contributed by atoms with van der Waals surface area (Å²) in [4.78, 5) is 2.62. The molecule has 1 aromatic heterocycles. The zero-order valence-electron chi connectivity index (χ0n) is 14.2. The highest BCUT2D eigenvalue weighted by atomic mass is 35.5. The number of hydrogen-bond donors (Lipinski definition) is 0. The van der Waals surface area contributed by atoms with Gasteiger partial charge in [-0.05, 0) is 56.9 Å². The summed E-state index contributed by atoms with van der Waals surface area (Å²) in [5.74, 6) is 0.972.